The third-order valence-corrected chi connectivity index (χ3v) is 4.84. The van der Waals surface area contributed by atoms with Gasteiger partial charge in [0, 0.05) is 11.1 Å². The number of carbonyl (C=O) groups excluding carboxylic acids is 1. The van der Waals surface area contributed by atoms with Gasteiger partial charge in [-0.3, -0.25) is 9.69 Å². The van der Waals surface area contributed by atoms with E-state index in [0.29, 0.717) is 19.8 Å². The molecule has 2 rings (SSSR count). The van der Waals surface area contributed by atoms with Crippen LogP contribution in [0.3, 0.4) is 0 Å². The molecule has 0 saturated carbocycles. The number of carbonyl (C=O) groups is 1. The number of rotatable bonds is 6. The third-order valence-electron chi connectivity index (χ3n) is 4.84. The number of likely N-dealkylation sites (tertiary alicyclic amines) is 1. The molecule has 1 saturated heterocycles. The summed E-state index contributed by atoms with van der Waals surface area (Å²) in [6.45, 7) is 12.0. The van der Waals surface area contributed by atoms with Gasteiger partial charge in [0.15, 0.2) is 0 Å². The number of piperidine rings is 1. The molecule has 1 aliphatic heterocycles. The summed E-state index contributed by atoms with van der Waals surface area (Å²) in [5.74, 6) is -0.151. The first-order chi connectivity index (χ1) is 11.2. The molecule has 0 radical (unpaired) electrons. The van der Waals surface area contributed by atoms with Crippen molar-refractivity contribution in [2.45, 2.75) is 71.2 Å². The van der Waals surface area contributed by atoms with Crippen LogP contribution in [0, 0.1) is 0 Å². The number of ether oxygens (including phenoxy) is 2. The molecular weight excluding hydrogens is 302 g/mol. The second-order valence-corrected chi connectivity index (χ2v) is 7.84. The zero-order valence-corrected chi connectivity index (χ0v) is 15.7. The molecule has 4 heteroatoms. The van der Waals surface area contributed by atoms with E-state index in [1.54, 1.807) is 0 Å². The highest BCUT2D eigenvalue weighted by Gasteiger charge is 2.46. The highest BCUT2D eigenvalue weighted by Crippen LogP contribution is 2.39. The number of benzene rings is 1. The number of esters is 1. The first kappa shape index (κ1) is 18.9. The molecule has 1 aliphatic rings. The molecule has 24 heavy (non-hydrogen) atoms. The summed E-state index contributed by atoms with van der Waals surface area (Å²) in [4.78, 5) is 14.2. The molecule has 0 spiro atoms. The maximum absolute atomic E-state index is 12.0. The van der Waals surface area contributed by atoms with E-state index < -0.39 is 0 Å². The Bertz CT molecular complexity index is 521. The Hall–Kier alpha value is -1.39. The maximum atomic E-state index is 12.0. The van der Waals surface area contributed by atoms with Crippen LogP contribution in [0.2, 0.25) is 0 Å². The van der Waals surface area contributed by atoms with Gasteiger partial charge in [-0.25, -0.2) is 0 Å². The lowest BCUT2D eigenvalue weighted by molar-refractivity contribution is -0.156. The minimum absolute atomic E-state index is 0.115. The summed E-state index contributed by atoms with van der Waals surface area (Å²) >= 11 is 0. The minimum Gasteiger partial charge on any atom is -0.465 e. The average molecular weight is 333 g/mol. The smallest absolute Gasteiger partial charge is 0.320 e. The minimum atomic E-state index is -0.151. The van der Waals surface area contributed by atoms with E-state index in [9.17, 15) is 4.79 Å². The van der Waals surface area contributed by atoms with E-state index in [1.165, 1.54) is 5.56 Å². The van der Waals surface area contributed by atoms with E-state index in [0.717, 1.165) is 12.8 Å². The van der Waals surface area contributed by atoms with Gasteiger partial charge in [0.1, 0.15) is 0 Å². The largest absolute Gasteiger partial charge is 0.465 e. The fourth-order valence-electron chi connectivity index (χ4n) is 3.90. The van der Waals surface area contributed by atoms with Crippen LogP contribution in [0.1, 0.15) is 53.0 Å². The van der Waals surface area contributed by atoms with Gasteiger partial charge in [-0.1, -0.05) is 30.3 Å². The highest BCUT2D eigenvalue weighted by molar-refractivity contribution is 5.71. The van der Waals surface area contributed by atoms with Gasteiger partial charge in [-0.05, 0) is 53.0 Å². The summed E-state index contributed by atoms with van der Waals surface area (Å²) < 4.78 is 11.3. The fourth-order valence-corrected chi connectivity index (χ4v) is 3.90. The summed E-state index contributed by atoms with van der Waals surface area (Å²) in [6.07, 6.45) is 2.00. The first-order valence-electron chi connectivity index (χ1n) is 8.83. The van der Waals surface area contributed by atoms with Crippen LogP contribution in [0.4, 0.5) is 0 Å². The Balaban J connectivity index is 2.01. The fraction of sp³-hybridized carbons (Fsp3) is 0.650. The van der Waals surface area contributed by atoms with Crippen molar-refractivity contribution in [3.05, 3.63) is 35.9 Å². The standard InChI is InChI=1S/C20H31NO3/c1-6-23-18(22)14-21-19(2,3)12-17(13-20(21,4)5)24-15-16-10-8-7-9-11-16/h7-11,17H,6,12-15H2,1-5H3. The predicted octanol–water partition coefficient (Wildman–Crippen LogP) is 3.79. The molecule has 0 unspecified atom stereocenters. The van der Waals surface area contributed by atoms with E-state index in [1.807, 2.05) is 25.1 Å². The Morgan fingerprint density at radius 1 is 1.12 bits per heavy atom. The molecule has 1 fully saturated rings. The maximum Gasteiger partial charge on any atom is 0.320 e. The van der Waals surface area contributed by atoms with Crippen molar-refractivity contribution >= 4 is 5.97 Å². The second kappa shape index (κ2) is 7.66. The molecule has 1 heterocycles. The summed E-state index contributed by atoms with van der Waals surface area (Å²) in [5.41, 5.74) is 0.966. The van der Waals surface area contributed by atoms with Gasteiger partial charge in [0.05, 0.1) is 25.9 Å². The van der Waals surface area contributed by atoms with Crippen molar-refractivity contribution in [3.8, 4) is 0 Å². The van der Waals surface area contributed by atoms with Crippen molar-refractivity contribution < 1.29 is 14.3 Å². The molecule has 134 valence electrons. The molecule has 1 aromatic carbocycles. The van der Waals surface area contributed by atoms with Gasteiger partial charge >= 0.3 is 5.97 Å². The quantitative estimate of drug-likeness (QED) is 0.743. The third kappa shape index (κ3) is 4.81. The van der Waals surface area contributed by atoms with E-state index in [4.69, 9.17) is 9.47 Å². The van der Waals surface area contributed by atoms with Crippen molar-refractivity contribution in [1.29, 1.82) is 0 Å². The van der Waals surface area contributed by atoms with Crippen LogP contribution in [0.25, 0.3) is 0 Å². The average Bonchev–Trinajstić information content (AvgIpc) is 2.50. The van der Waals surface area contributed by atoms with Crippen molar-refractivity contribution in [2.24, 2.45) is 0 Å². The monoisotopic (exact) mass is 333 g/mol. The van der Waals surface area contributed by atoms with Gasteiger partial charge < -0.3 is 9.47 Å². The lowest BCUT2D eigenvalue weighted by atomic mass is 9.78. The van der Waals surface area contributed by atoms with Crippen LogP contribution in [0.15, 0.2) is 30.3 Å². The van der Waals surface area contributed by atoms with Crippen LogP contribution < -0.4 is 0 Å². The molecule has 4 nitrogen and oxygen atoms in total. The van der Waals surface area contributed by atoms with E-state index >= 15 is 0 Å². The van der Waals surface area contributed by atoms with Crippen LogP contribution >= 0.6 is 0 Å². The van der Waals surface area contributed by atoms with Crippen molar-refractivity contribution in [3.63, 3.8) is 0 Å². The molecular formula is C20H31NO3. The zero-order valence-electron chi connectivity index (χ0n) is 15.7. The SMILES string of the molecule is CCOC(=O)CN1C(C)(C)CC(OCc2ccccc2)CC1(C)C. The molecule has 0 amide bonds. The number of hydrogen-bond donors (Lipinski definition) is 0. The summed E-state index contributed by atoms with van der Waals surface area (Å²) in [6, 6.07) is 10.3. The zero-order chi connectivity index (χ0) is 17.8. The Morgan fingerprint density at radius 2 is 1.71 bits per heavy atom. The summed E-state index contributed by atoms with van der Waals surface area (Å²) in [5, 5.41) is 0. The van der Waals surface area contributed by atoms with Gasteiger partial charge in [0.25, 0.3) is 0 Å². The Morgan fingerprint density at radius 3 is 2.25 bits per heavy atom. The Labute approximate surface area is 146 Å². The first-order valence-corrected chi connectivity index (χ1v) is 8.83. The predicted molar refractivity (Wildman–Crippen MR) is 95.8 cm³/mol. The van der Waals surface area contributed by atoms with E-state index in [2.05, 4.69) is 44.7 Å². The van der Waals surface area contributed by atoms with Gasteiger partial charge in [0.2, 0.25) is 0 Å². The normalized spacial score (nSPS) is 20.7. The molecule has 0 N–H and O–H groups in total. The lowest BCUT2D eigenvalue weighted by Crippen LogP contribution is -2.63. The number of hydrogen-bond acceptors (Lipinski definition) is 4. The topological polar surface area (TPSA) is 38.8 Å². The van der Waals surface area contributed by atoms with Crippen LogP contribution in [-0.2, 0) is 20.9 Å². The molecule has 0 aliphatic carbocycles. The van der Waals surface area contributed by atoms with Crippen molar-refractivity contribution in [1.82, 2.24) is 4.90 Å². The molecule has 0 aromatic heterocycles. The van der Waals surface area contributed by atoms with Crippen LogP contribution in [0.5, 0.6) is 0 Å². The molecule has 0 bridgehead atoms. The van der Waals surface area contributed by atoms with E-state index in [-0.39, 0.29) is 23.2 Å². The van der Waals surface area contributed by atoms with Gasteiger partial charge in [-0.15, -0.1) is 0 Å². The molecule has 1 aromatic rings. The number of nitrogens with zero attached hydrogens (tertiary/aromatic N) is 1. The van der Waals surface area contributed by atoms with Gasteiger partial charge in [-0.2, -0.15) is 0 Å². The van der Waals surface area contributed by atoms with Crippen LogP contribution in [-0.4, -0.2) is 41.2 Å². The highest BCUT2D eigenvalue weighted by atomic mass is 16.5. The second-order valence-electron chi connectivity index (χ2n) is 7.84. The summed E-state index contributed by atoms with van der Waals surface area (Å²) in [7, 11) is 0. The van der Waals surface area contributed by atoms with Crippen molar-refractivity contribution in [2.75, 3.05) is 13.2 Å². The lowest BCUT2D eigenvalue weighted by Gasteiger charge is -2.54. The molecule has 0 atom stereocenters. The Kier molecular flexibility index (Phi) is 6.05.